The number of ether oxygens (including phenoxy) is 1. The summed E-state index contributed by atoms with van der Waals surface area (Å²) >= 11 is 0. The van der Waals surface area contributed by atoms with Crippen LogP contribution in [0.3, 0.4) is 0 Å². The summed E-state index contributed by atoms with van der Waals surface area (Å²) in [6.45, 7) is 3.26. The zero-order valence-electron chi connectivity index (χ0n) is 11.1. The van der Waals surface area contributed by atoms with Gasteiger partial charge in [-0.05, 0) is 36.8 Å². The first-order chi connectivity index (χ1) is 9.74. The van der Waals surface area contributed by atoms with Gasteiger partial charge in [-0.1, -0.05) is 6.07 Å². The molecule has 1 aromatic heterocycles. The lowest BCUT2D eigenvalue weighted by molar-refractivity contribution is 0.102. The number of hydrogen-bond acceptors (Lipinski definition) is 4. The Bertz CT molecular complexity index is 655. The van der Waals surface area contributed by atoms with Crippen molar-refractivity contribution in [3.05, 3.63) is 47.7 Å². The summed E-state index contributed by atoms with van der Waals surface area (Å²) in [6.07, 6.45) is 1.67. The summed E-state index contributed by atoms with van der Waals surface area (Å²) < 4.78 is 5.59. The summed E-state index contributed by atoms with van der Waals surface area (Å²) in [5, 5.41) is 6.00. The third-order valence-electron chi connectivity index (χ3n) is 3.08. The molecule has 1 aliphatic rings. The maximum Gasteiger partial charge on any atom is 0.260 e. The van der Waals surface area contributed by atoms with Gasteiger partial charge in [0.2, 0.25) is 0 Å². The minimum absolute atomic E-state index is 0.219. The smallest absolute Gasteiger partial charge is 0.260 e. The number of fused-ring (bicyclic) bond motifs is 1. The molecule has 20 heavy (non-hydrogen) atoms. The van der Waals surface area contributed by atoms with Crippen LogP contribution in [0.4, 0.5) is 11.5 Å². The molecule has 2 aromatic rings. The first-order valence-corrected chi connectivity index (χ1v) is 6.48. The van der Waals surface area contributed by atoms with Gasteiger partial charge in [-0.25, -0.2) is 4.98 Å². The molecule has 5 nitrogen and oxygen atoms in total. The topological polar surface area (TPSA) is 63.2 Å². The van der Waals surface area contributed by atoms with E-state index in [9.17, 15) is 4.79 Å². The Labute approximate surface area is 117 Å². The normalized spacial score (nSPS) is 12.8. The summed E-state index contributed by atoms with van der Waals surface area (Å²) in [5.41, 5.74) is 2.41. The van der Waals surface area contributed by atoms with Crippen LogP contribution in [0.5, 0.6) is 5.75 Å². The molecule has 0 saturated carbocycles. The lowest BCUT2D eigenvalue weighted by atomic mass is 10.1. The van der Waals surface area contributed by atoms with Crippen LogP contribution in [-0.4, -0.2) is 24.0 Å². The standard InChI is InChI=1S/C15H15N3O2/c1-10-5-6-17-13(9-10)18-15(19)11-3-2-4-12-14(11)20-8-7-16-12/h2-6,9,16H,7-8H2,1H3,(H,17,18,19). The van der Waals surface area contributed by atoms with Gasteiger partial charge in [0.25, 0.3) is 5.91 Å². The second-order valence-corrected chi connectivity index (χ2v) is 4.63. The van der Waals surface area contributed by atoms with Crippen LogP contribution >= 0.6 is 0 Å². The molecule has 2 heterocycles. The van der Waals surface area contributed by atoms with Gasteiger partial charge >= 0.3 is 0 Å². The molecule has 2 N–H and O–H groups in total. The van der Waals surface area contributed by atoms with E-state index in [0.717, 1.165) is 17.8 Å². The van der Waals surface area contributed by atoms with Gasteiger partial charge in [-0.3, -0.25) is 4.79 Å². The van der Waals surface area contributed by atoms with Crippen molar-refractivity contribution in [2.45, 2.75) is 6.92 Å². The molecule has 102 valence electrons. The second-order valence-electron chi connectivity index (χ2n) is 4.63. The van der Waals surface area contributed by atoms with E-state index in [-0.39, 0.29) is 5.91 Å². The fourth-order valence-electron chi connectivity index (χ4n) is 2.14. The molecule has 3 rings (SSSR count). The van der Waals surface area contributed by atoms with E-state index in [1.54, 1.807) is 12.3 Å². The summed E-state index contributed by atoms with van der Waals surface area (Å²) in [5.74, 6) is 0.920. The van der Waals surface area contributed by atoms with E-state index < -0.39 is 0 Å². The monoisotopic (exact) mass is 269 g/mol. The zero-order valence-corrected chi connectivity index (χ0v) is 11.1. The maximum absolute atomic E-state index is 12.3. The molecule has 1 aromatic carbocycles. The summed E-state index contributed by atoms with van der Waals surface area (Å²) in [7, 11) is 0. The van der Waals surface area contributed by atoms with E-state index in [0.29, 0.717) is 23.7 Å². The number of hydrogen-bond donors (Lipinski definition) is 2. The molecule has 0 saturated heterocycles. The van der Waals surface area contributed by atoms with Gasteiger partial charge in [0.1, 0.15) is 12.4 Å². The highest BCUT2D eigenvalue weighted by molar-refractivity contribution is 6.07. The third-order valence-corrected chi connectivity index (χ3v) is 3.08. The Balaban J connectivity index is 1.88. The average molecular weight is 269 g/mol. The predicted molar refractivity (Wildman–Crippen MR) is 77.4 cm³/mol. The Hall–Kier alpha value is -2.56. The largest absolute Gasteiger partial charge is 0.489 e. The van der Waals surface area contributed by atoms with Crippen molar-refractivity contribution < 1.29 is 9.53 Å². The molecule has 1 amide bonds. The third kappa shape index (κ3) is 2.42. The first-order valence-electron chi connectivity index (χ1n) is 6.48. The number of aryl methyl sites for hydroxylation is 1. The van der Waals surface area contributed by atoms with Crippen LogP contribution in [0.15, 0.2) is 36.5 Å². The number of rotatable bonds is 2. The molecular formula is C15H15N3O2. The van der Waals surface area contributed by atoms with E-state index in [1.807, 2.05) is 31.2 Å². The van der Waals surface area contributed by atoms with Crippen molar-refractivity contribution in [2.75, 3.05) is 23.8 Å². The number of nitrogens with zero attached hydrogens (tertiary/aromatic N) is 1. The van der Waals surface area contributed by atoms with Gasteiger partial charge in [-0.15, -0.1) is 0 Å². The molecule has 0 radical (unpaired) electrons. The zero-order chi connectivity index (χ0) is 13.9. The molecule has 1 aliphatic heterocycles. The highest BCUT2D eigenvalue weighted by Gasteiger charge is 2.19. The van der Waals surface area contributed by atoms with Crippen LogP contribution < -0.4 is 15.4 Å². The van der Waals surface area contributed by atoms with Crippen LogP contribution in [0.2, 0.25) is 0 Å². The van der Waals surface area contributed by atoms with Crippen LogP contribution in [-0.2, 0) is 0 Å². The first kappa shape index (κ1) is 12.5. The highest BCUT2D eigenvalue weighted by Crippen LogP contribution is 2.31. The van der Waals surface area contributed by atoms with Crippen molar-refractivity contribution in [3.8, 4) is 5.75 Å². The molecule has 0 bridgehead atoms. The maximum atomic E-state index is 12.3. The molecule has 0 atom stereocenters. The predicted octanol–water partition coefficient (Wildman–Crippen LogP) is 2.45. The van der Waals surface area contributed by atoms with Crippen molar-refractivity contribution in [3.63, 3.8) is 0 Å². The van der Waals surface area contributed by atoms with Crippen molar-refractivity contribution in [1.82, 2.24) is 4.98 Å². The number of carbonyl (C=O) groups excluding carboxylic acids is 1. The van der Waals surface area contributed by atoms with Gasteiger partial charge < -0.3 is 15.4 Å². The van der Waals surface area contributed by atoms with Crippen LogP contribution in [0, 0.1) is 6.92 Å². The molecule has 0 unspecified atom stereocenters. The minimum Gasteiger partial charge on any atom is -0.489 e. The number of anilines is 2. The lowest BCUT2D eigenvalue weighted by Crippen LogP contribution is -2.22. The lowest BCUT2D eigenvalue weighted by Gasteiger charge is -2.21. The number of carbonyl (C=O) groups is 1. The molecule has 0 fully saturated rings. The molecular weight excluding hydrogens is 254 g/mol. The van der Waals surface area contributed by atoms with Crippen molar-refractivity contribution in [2.24, 2.45) is 0 Å². The summed E-state index contributed by atoms with van der Waals surface area (Å²) in [6, 6.07) is 9.19. The number of benzene rings is 1. The number of pyridine rings is 1. The van der Waals surface area contributed by atoms with Crippen molar-refractivity contribution in [1.29, 1.82) is 0 Å². The molecule has 0 aliphatic carbocycles. The van der Waals surface area contributed by atoms with Crippen LogP contribution in [0.25, 0.3) is 0 Å². The fourth-order valence-corrected chi connectivity index (χ4v) is 2.14. The SMILES string of the molecule is Cc1ccnc(NC(=O)c2cccc3c2OCCN3)c1. The Morgan fingerprint density at radius 1 is 1.40 bits per heavy atom. The van der Waals surface area contributed by atoms with E-state index >= 15 is 0 Å². The quantitative estimate of drug-likeness (QED) is 0.879. The molecule has 5 heteroatoms. The Morgan fingerprint density at radius 2 is 2.30 bits per heavy atom. The second kappa shape index (κ2) is 5.21. The fraction of sp³-hybridized carbons (Fsp3) is 0.200. The number of nitrogens with one attached hydrogen (secondary N) is 2. The Kier molecular flexibility index (Phi) is 3.25. The van der Waals surface area contributed by atoms with E-state index in [1.165, 1.54) is 0 Å². The number of amides is 1. The molecule has 0 spiro atoms. The van der Waals surface area contributed by atoms with Gasteiger partial charge in [0.15, 0.2) is 5.75 Å². The number of aromatic nitrogens is 1. The number of para-hydroxylation sites is 1. The van der Waals surface area contributed by atoms with Gasteiger partial charge in [0, 0.05) is 12.7 Å². The summed E-state index contributed by atoms with van der Waals surface area (Å²) in [4.78, 5) is 16.5. The van der Waals surface area contributed by atoms with Gasteiger partial charge in [-0.2, -0.15) is 0 Å². The van der Waals surface area contributed by atoms with Crippen molar-refractivity contribution >= 4 is 17.4 Å². The minimum atomic E-state index is -0.219. The van der Waals surface area contributed by atoms with Gasteiger partial charge in [0.05, 0.1) is 11.3 Å². The Morgan fingerprint density at radius 3 is 3.15 bits per heavy atom. The van der Waals surface area contributed by atoms with Crippen LogP contribution in [0.1, 0.15) is 15.9 Å². The average Bonchev–Trinajstić information content (AvgIpc) is 2.46. The van der Waals surface area contributed by atoms with E-state index in [4.69, 9.17) is 4.74 Å². The van der Waals surface area contributed by atoms with E-state index in [2.05, 4.69) is 15.6 Å². The highest BCUT2D eigenvalue weighted by atomic mass is 16.5.